The molecule has 0 bridgehead atoms. The molecule has 1 saturated heterocycles. The highest BCUT2D eigenvalue weighted by molar-refractivity contribution is 7.98. The van der Waals surface area contributed by atoms with Gasteiger partial charge in [0.1, 0.15) is 0 Å². The van der Waals surface area contributed by atoms with Gasteiger partial charge < -0.3 is 10.0 Å². The van der Waals surface area contributed by atoms with E-state index in [1.54, 1.807) is 0 Å². The molecule has 0 saturated carbocycles. The largest absolute Gasteiger partial charge is 0.392 e. The second-order valence-electron chi connectivity index (χ2n) is 3.09. The number of β-amino-alcohol motifs (C(OH)–C–C–N with tert-alkyl or cyclic N) is 1. The average Bonchev–Trinajstić information content (AvgIpc) is 2.37. The third kappa shape index (κ3) is 3.45. The number of nitrogens with zero attached hydrogens (tertiary/aromatic N) is 1. The number of thioether (sulfide) groups is 1. The predicted octanol–water partition coefficient (Wildman–Crippen LogP) is 0.806. The van der Waals surface area contributed by atoms with Crippen LogP contribution in [0.15, 0.2) is 0 Å². The molecule has 0 radical (unpaired) electrons. The molecular weight excluding hydrogens is 158 g/mol. The molecule has 1 aliphatic rings. The molecule has 0 spiro atoms. The molecule has 1 rings (SSSR count). The molecule has 0 aliphatic carbocycles. The first-order chi connectivity index (χ1) is 5.33. The van der Waals surface area contributed by atoms with E-state index in [1.165, 1.54) is 12.2 Å². The van der Waals surface area contributed by atoms with Crippen LogP contribution in [-0.4, -0.2) is 47.8 Å². The Bertz CT molecular complexity index is 110. The fourth-order valence-corrected chi connectivity index (χ4v) is 1.87. The van der Waals surface area contributed by atoms with Crippen LogP contribution in [-0.2, 0) is 0 Å². The maximum absolute atomic E-state index is 9.21. The summed E-state index contributed by atoms with van der Waals surface area (Å²) in [5, 5.41) is 9.21. The van der Waals surface area contributed by atoms with E-state index in [0.29, 0.717) is 0 Å². The van der Waals surface area contributed by atoms with Crippen molar-refractivity contribution in [3.63, 3.8) is 0 Å². The fourth-order valence-electron chi connectivity index (χ4n) is 1.45. The van der Waals surface area contributed by atoms with Crippen molar-refractivity contribution in [1.82, 2.24) is 4.90 Å². The summed E-state index contributed by atoms with van der Waals surface area (Å²) in [5.74, 6) is 1.24. The highest BCUT2D eigenvalue weighted by atomic mass is 32.2. The predicted molar refractivity (Wildman–Crippen MR) is 50.1 cm³/mol. The lowest BCUT2D eigenvalue weighted by Gasteiger charge is -2.13. The van der Waals surface area contributed by atoms with Crippen LogP contribution in [0.4, 0.5) is 0 Å². The van der Waals surface area contributed by atoms with Crippen LogP contribution in [0.1, 0.15) is 12.8 Å². The molecule has 1 aliphatic heterocycles. The van der Waals surface area contributed by atoms with Gasteiger partial charge in [-0.25, -0.2) is 0 Å². The number of likely N-dealkylation sites (tertiary alicyclic amines) is 1. The molecular formula is C8H17NOS. The van der Waals surface area contributed by atoms with Crippen molar-refractivity contribution in [3.8, 4) is 0 Å². The van der Waals surface area contributed by atoms with Gasteiger partial charge in [-0.15, -0.1) is 0 Å². The molecule has 3 heteroatoms. The van der Waals surface area contributed by atoms with Crippen LogP contribution in [0, 0.1) is 0 Å². The number of aliphatic hydroxyl groups excluding tert-OH is 1. The van der Waals surface area contributed by atoms with Crippen molar-refractivity contribution in [1.29, 1.82) is 0 Å². The van der Waals surface area contributed by atoms with E-state index in [1.807, 2.05) is 11.8 Å². The average molecular weight is 175 g/mol. The van der Waals surface area contributed by atoms with Gasteiger partial charge in [0.2, 0.25) is 0 Å². The smallest absolute Gasteiger partial charge is 0.0679 e. The van der Waals surface area contributed by atoms with Gasteiger partial charge in [0.25, 0.3) is 0 Å². The SMILES string of the molecule is CSCCCN1CCC(O)C1. The van der Waals surface area contributed by atoms with Crippen molar-refractivity contribution in [2.24, 2.45) is 0 Å². The van der Waals surface area contributed by atoms with Gasteiger partial charge >= 0.3 is 0 Å². The minimum absolute atomic E-state index is 0.0516. The zero-order valence-electron chi connectivity index (χ0n) is 7.12. The number of aliphatic hydroxyl groups is 1. The highest BCUT2D eigenvalue weighted by Crippen LogP contribution is 2.09. The van der Waals surface area contributed by atoms with Crippen LogP contribution >= 0.6 is 11.8 Å². The Labute approximate surface area is 73.0 Å². The lowest BCUT2D eigenvalue weighted by atomic mass is 10.3. The summed E-state index contributed by atoms with van der Waals surface area (Å²) >= 11 is 1.90. The number of hydrogen-bond acceptors (Lipinski definition) is 3. The van der Waals surface area contributed by atoms with Crippen LogP contribution < -0.4 is 0 Å². The van der Waals surface area contributed by atoms with Gasteiger partial charge in [-0.05, 0) is 31.4 Å². The van der Waals surface area contributed by atoms with Crippen molar-refractivity contribution in [2.75, 3.05) is 31.6 Å². The lowest BCUT2D eigenvalue weighted by Crippen LogP contribution is -2.23. The summed E-state index contributed by atoms with van der Waals surface area (Å²) in [6.45, 7) is 3.15. The highest BCUT2D eigenvalue weighted by Gasteiger charge is 2.18. The summed E-state index contributed by atoms with van der Waals surface area (Å²) in [6, 6.07) is 0. The summed E-state index contributed by atoms with van der Waals surface area (Å²) in [5.41, 5.74) is 0. The van der Waals surface area contributed by atoms with Crippen LogP contribution in [0.5, 0.6) is 0 Å². The second kappa shape index (κ2) is 5.01. The first kappa shape index (κ1) is 9.36. The molecule has 0 aromatic heterocycles. The van der Waals surface area contributed by atoms with Crippen molar-refractivity contribution in [3.05, 3.63) is 0 Å². The zero-order chi connectivity index (χ0) is 8.10. The van der Waals surface area contributed by atoms with E-state index in [9.17, 15) is 5.11 Å². The van der Waals surface area contributed by atoms with Gasteiger partial charge in [-0.3, -0.25) is 0 Å². The summed E-state index contributed by atoms with van der Waals surface area (Å²) in [6.07, 6.45) is 4.32. The second-order valence-corrected chi connectivity index (χ2v) is 4.08. The number of rotatable bonds is 4. The zero-order valence-corrected chi connectivity index (χ0v) is 7.94. The van der Waals surface area contributed by atoms with E-state index in [0.717, 1.165) is 26.1 Å². The van der Waals surface area contributed by atoms with Gasteiger partial charge in [0.15, 0.2) is 0 Å². The van der Waals surface area contributed by atoms with Crippen molar-refractivity contribution in [2.45, 2.75) is 18.9 Å². The Balaban J connectivity index is 1.99. The molecule has 1 N–H and O–H groups in total. The Hall–Kier alpha value is 0.270. The molecule has 0 aromatic carbocycles. The maximum Gasteiger partial charge on any atom is 0.0679 e. The first-order valence-corrected chi connectivity index (χ1v) is 5.61. The van der Waals surface area contributed by atoms with E-state index in [4.69, 9.17) is 0 Å². The normalized spacial score (nSPS) is 26.2. The molecule has 1 atom stereocenters. The van der Waals surface area contributed by atoms with Gasteiger partial charge in [0.05, 0.1) is 6.10 Å². The Morgan fingerprint density at radius 3 is 3.00 bits per heavy atom. The molecule has 1 heterocycles. The Kier molecular flexibility index (Phi) is 4.26. The monoisotopic (exact) mass is 175 g/mol. The summed E-state index contributed by atoms with van der Waals surface area (Å²) < 4.78 is 0. The summed E-state index contributed by atoms with van der Waals surface area (Å²) in [4.78, 5) is 2.35. The number of hydrogen-bond donors (Lipinski definition) is 1. The van der Waals surface area contributed by atoms with E-state index in [-0.39, 0.29) is 6.10 Å². The third-order valence-corrected chi connectivity index (χ3v) is 2.77. The first-order valence-electron chi connectivity index (χ1n) is 4.22. The molecule has 1 unspecified atom stereocenters. The molecule has 66 valence electrons. The quantitative estimate of drug-likeness (QED) is 0.640. The van der Waals surface area contributed by atoms with Crippen LogP contribution in [0.3, 0.4) is 0 Å². The third-order valence-electron chi connectivity index (χ3n) is 2.07. The van der Waals surface area contributed by atoms with Crippen LogP contribution in [0.2, 0.25) is 0 Å². The molecule has 0 aromatic rings. The Morgan fingerprint density at radius 1 is 1.64 bits per heavy atom. The Morgan fingerprint density at radius 2 is 2.45 bits per heavy atom. The molecule has 0 amide bonds. The minimum Gasteiger partial charge on any atom is -0.392 e. The van der Waals surface area contributed by atoms with Crippen LogP contribution in [0.25, 0.3) is 0 Å². The van der Waals surface area contributed by atoms with E-state index in [2.05, 4.69) is 11.2 Å². The fraction of sp³-hybridized carbons (Fsp3) is 1.00. The van der Waals surface area contributed by atoms with Crippen molar-refractivity contribution < 1.29 is 5.11 Å². The molecule has 1 fully saturated rings. The molecule has 11 heavy (non-hydrogen) atoms. The molecule has 2 nitrogen and oxygen atoms in total. The van der Waals surface area contributed by atoms with Crippen molar-refractivity contribution >= 4 is 11.8 Å². The van der Waals surface area contributed by atoms with Gasteiger partial charge in [-0.1, -0.05) is 0 Å². The lowest BCUT2D eigenvalue weighted by molar-refractivity contribution is 0.176. The van der Waals surface area contributed by atoms with E-state index >= 15 is 0 Å². The van der Waals surface area contributed by atoms with Gasteiger partial charge in [0, 0.05) is 13.1 Å². The summed E-state index contributed by atoms with van der Waals surface area (Å²) in [7, 11) is 0. The van der Waals surface area contributed by atoms with E-state index < -0.39 is 0 Å². The maximum atomic E-state index is 9.21. The minimum atomic E-state index is -0.0516. The standard InChI is InChI=1S/C8H17NOS/c1-11-6-2-4-9-5-3-8(10)7-9/h8,10H,2-7H2,1H3. The van der Waals surface area contributed by atoms with Gasteiger partial charge in [-0.2, -0.15) is 11.8 Å². The topological polar surface area (TPSA) is 23.5 Å².